The first-order chi connectivity index (χ1) is 13.0. The summed E-state index contributed by atoms with van der Waals surface area (Å²) in [4.78, 5) is 4.26. The number of nitrogens with zero attached hydrogens (tertiary/aromatic N) is 4. The number of fused-ring (bicyclic) bond motifs is 1. The van der Waals surface area contributed by atoms with Gasteiger partial charge in [-0.15, -0.1) is 5.10 Å². The van der Waals surface area contributed by atoms with E-state index >= 15 is 0 Å². The van der Waals surface area contributed by atoms with E-state index in [1.54, 1.807) is 36.4 Å². The molecule has 0 spiro atoms. The SMILES string of the molecule is CCOc1cc(/C=N\N=C(N)c2nc3ccccc3n(O)c2=N)ccc1O. The average Bonchev–Trinajstić information content (AvgIpc) is 2.67. The third-order valence-electron chi connectivity index (χ3n) is 3.68. The minimum atomic E-state index is -0.298. The number of aromatic nitrogens is 2. The van der Waals surface area contributed by atoms with Crippen molar-refractivity contribution in [1.82, 2.24) is 9.71 Å². The maximum Gasteiger partial charge on any atom is 0.191 e. The predicted molar refractivity (Wildman–Crippen MR) is 100 cm³/mol. The van der Waals surface area contributed by atoms with Crippen molar-refractivity contribution >= 4 is 23.1 Å². The van der Waals surface area contributed by atoms with Crippen LogP contribution in [0.4, 0.5) is 0 Å². The first-order valence-corrected chi connectivity index (χ1v) is 8.09. The van der Waals surface area contributed by atoms with E-state index in [9.17, 15) is 10.3 Å². The molecule has 0 aliphatic carbocycles. The third-order valence-corrected chi connectivity index (χ3v) is 3.68. The van der Waals surface area contributed by atoms with Crippen molar-refractivity contribution in [1.29, 1.82) is 5.41 Å². The van der Waals surface area contributed by atoms with Crippen LogP contribution in [0, 0.1) is 5.41 Å². The molecule has 0 saturated heterocycles. The molecule has 2 aromatic carbocycles. The zero-order valence-corrected chi connectivity index (χ0v) is 14.5. The second-order valence-corrected chi connectivity index (χ2v) is 5.50. The predicted octanol–water partition coefficient (Wildman–Crippen LogP) is 1.60. The van der Waals surface area contributed by atoms with Crippen LogP contribution < -0.4 is 16.0 Å². The summed E-state index contributed by atoms with van der Waals surface area (Å²) in [5, 5.41) is 35.5. The largest absolute Gasteiger partial charge is 0.504 e. The molecule has 0 aliphatic rings. The van der Waals surface area contributed by atoms with Gasteiger partial charge < -0.3 is 20.8 Å². The second kappa shape index (κ2) is 7.56. The molecule has 9 heteroatoms. The molecule has 5 N–H and O–H groups in total. The van der Waals surface area contributed by atoms with Gasteiger partial charge in [0.15, 0.2) is 28.5 Å². The Hall–Kier alpha value is -3.88. The Labute approximate surface area is 154 Å². The van der Waals surface area contributed by atoms with Gasteiger partial charge in [0.1, 0.15) is 5.52 Å². The van der Waals surface area contributed by atoms with Crippen molar-refractivity contribution in [3.05, 3.63) is 59.2 Å². The fourth-order valence-corrected chi connectivity index (χ4v) is 2.40. The summed E-state index contributed by atoms with van der Waals surface area (Å²) in [6, 6.07) is 11.5. The number of aromatic hydroxyl groups is 1. The number of nitrogens with two attached hydrogens (primary N) is 1. The van der Waals surface area contributed by atoms with Crippen LogP contribution in [0.1, 0.15) is 18.2 Å². The highest BCUT2D eigenvalue weighted by molar-refractivity contribution is 5.97. The lowest BCUT2D eigenvalue weighted by atomic mass is 10.2. The van der Waals surface area contributed by atoms with Crippen LogP contribution in [-0.4, -0.2) is 38.7 Å². The second-order valence-electron chi connectivity index (χ2n) is 5.50. The molecule has 138 valence electrons. The van der Waals surface area contributed by atoms with E-state index in [1.165, 1.54) is 12.3 Å². The first-order valence-electron chi connectivity index (χ1n) is 8.09. The fourth-order valence-electron chi connectivity index (χ4n) is 2.40. The Morgan fingerprint density at radius 1 is 1.33 bits per heavy atom. The molecule has 3 rings (SSSR count). The number of phenols is 1. The van der Waals surface area contributed by atoms with Crippen molar-refractivity contribution in [2.45, 2.75) is 6.92 Å². The van der Waals surface area contributed by atoms with Gasteiger partial charge in [0.05, 0.1) is 18.3 Å². The van der Waals surface area contributed by atoms with Crippen LogP contribution in [0.3, 0.4) is 0 Å². The molecule has 0 bridgehead atoms. The Kier molecular flexibility index (Phi) is 5.02. The Bertz CT molecular complexity index is 1100. The molecule has 1 aromatic heterocycles. The maximum atomic E-state index is 10.1. The minimum absolute atomic E-state index is 0.00839. The molecule has 3 aromatic rings. The number of amidine groups is 1. The standard InChI is InChI=1S/C18H18N6O3/c1-2-27-15-9-11(7-8-14(15)25)10-21-23-17(19)16-18(20)24(26)13-6-4-3-5-12(13)22-16/h3-10,20,25-26H,2H2,1H3,(H2,19,23)/b20-18?,21-10-. The lowest BCUT2D eigenvalue weighted by molar-refractivity contribution is 0.183. The van der Waals surface area contributed by atoms with E-state index in [2.05, 4.69) is 15.2 Å². The van der Waals surface area contributed by atoms with E-state index in [0.717, 1.165) is 0 Å². The van der Waals surface area contributed by atoms with Gasteiger partial charge in [0.2, 0.25) is 0 Å². The molecule has 0 aliphatic heterocycles. The van der Waals surface area contributed by atoms with Crippen LogP contribution in [0.2, 0.25) is 0 Å². The highest BCUT2D eigenvalue weighted by Gasteiger charge is 2.10. The van der Waals surface area contributed by atoms with Gasteiger partial charge in [-0.2, -0.15) is 9.83 Å². The van der Waals surface area contributed by atoms with Crippen molar-refractivity contribution < 1.29 is 15.1 Å². The lowest BCUT2D eigenvalue weighted by Crippen LogP contribution is -2.31. The van der Waals surface area contributed by atoms with Crippen LogP contribution >= 0.6 is 0 Å². The molecule has 0 saturated carbocycles. The smallest absolute Gasteiger partial charge is 0.191 e. The summed E-state index contributed by atoms with van der Waals surface area (Å²) in [5.74, 6) is 0.252. The molecule has 0 unspecified atom stereocenters. The van der Waals surface area contributed by atoms with Crippen molar-refractivity contribution in [2.24, 2.45) is 15.9 Å². The number of nitrogens with one attached hydrogen (secondary N) is 1. The van der Waals surface area contributed by atoms with Gasteiger partial charge in [-0.1, -0.05) is 12.1 Å². The Balaban J connectivity index is 1.91. The monoisotopic (exact) mass is 366 g/mol. The molecule has 9 nitrogen and oxygen atoms in total. The number of benzene rings is 2. The number of phenolic OH excluding ortho intramolecular Hbond substituents is 1. The van der Waals surface area contributed by atoms with Crippen LogP contribution in [0.5, 0.6) is 11.5 Å². The topological polar surface area (TPSA) is 142 Å². The van der Waals surface area contributed by atoms with E-state index in [0.29, 0.717) is 33.7 Å². The van der Waals surface area contributed by atoms with E-state index < -0.39 is 0 Å². The van der Waals surface area contributed by atoms with Gasteiger partial charge >= 0.3 is 0 Å². The lowest BCUT2D eigenvalue weighted by Gasteiger charge is -2.07. The van der Waals surface area contributed by atoms with Gasteiger partial charge in [-0.05, 0) is 42.8 Å². The summed E-state index contributed by atoms with van der Waals surface area (Å²) in [7, 11) is 0. The van der Waals surface area contributed by atoms with Crippen LogP contribution in [0.15, 0.2) is 52.7 Å². The highest BCUT2D eigenvalue weighted by atomic mass is 16.5. The summed E-state index contributed by atoms with van der Waals surface area (Å²) >= 11 is 0. The van der Waals surface area contributed by atoms with E-state index in [-0.39, 0.29) is 22.8 Å². The number of rotatable bonds is 5. The van der Waals surface area contributed by atoms with Gasteiger partial charge in [-0.3, -0.25) is 5.41 Å². The molecule has 0 fully saturated rings. The van der Waals surface area contributed by atoms with Gasteiger partial charge in [0, 0.05) is 0 Å². The molecule has 1 heterocycles. The molecule has 0 amide bonds. The Morgan fingerprint density at radius 2 is 2.11 bits per heavy atom. The van der Waals surface area contributed by atoms with Crippen LogP contribution in [0.25, 0.3) is 11.0 Å². The number of para-hydroxylation sites is 2. The number of hydrogen-bond donors (Lipinski definition) is 4. The Morgan fingerprint density at radius 3 is 2.89 bits per heavy atom. The average molecular weight is 366 g/mol. The fraction of sp³-hybridized carbons (Fsp3) is 0.111. The van der Waals surface area contributed by atoms with Crippen LogP contribution in [-0.2, 0) is 0 Å². The van der Waals surface area contributed by atoms with E-state index in [4.69, 9.17) is 15.9 Å². The summed E-state index contributed by atoms with van der Waals surface area (Å²) < 4.78 is 6.00. The zero-order valence-electron chi connectivity index (χ0n) is 14.5. The van der Waals surface area contributed by atoms with Gasteiger partial charge in [-0.25, -0.2) is 4.98 Å². The summed E-state index contributed by atoms with van der Waals surface area (Å²) in [6.45, 7) is 2.23. The summed E-state index contributed by atoms with van der Waals surface area (Å²) in [5.41, 5.74) is 7.09. The normalized spacial score (nSPS) is 12.0. The maximum absolute atomic E-state index is 10.1. The zero-order chi connectivity index (χ0) is 19.4. The molecular weight excluding hydrogens is 348 g/mol. The number of ether oxygens (including phenoxy) is 1. The quantitative estimate of drug-likeness (QED) is 0.235. The molecule has 0 radical (unpaired) electrons. The van der Waals surface area contributed by atoms with Gasteiger partial charge in [0.25, 0.3) is 0 Å². The van der Waals surface area contributed by atoms with Crippen molar-refractivity contribution in [3.8, 4) is 11.5 Å². The summed E-state index contributed by atoms with van der Waals surface area (Å²) in [6.07, 6.45) is 1.42. The van der Waals surface area contributed by atoms with E-state index in [1.807, 2.05) is 6.92 Å². The molecular formula is C18H18N6O3. The number of hydrogen-bond acceptors (Lipinski definition) is 7. The third kappa shape index (κ3) is 3.71. The molecule has 0 atom stereocenters. The van der Waals surface area contributed by atoms with Crippen molar-refractivity contribution in [3.63, 3.8) is 0 Å². The minimum Gasteiger partial charge on any atom is -0.504 e. The van der Waals surface area contributed by atoms with Crippen molar-refractivity contribution in [2.75, 3.05) is 6.61 Å². The first kappa shape index (κ1) is 17.9. The molecule has 27 heavy (non-hydrogen) atoms. The highest BCUT2D eigenvalue weighted by Crippen LogP contribution is 2.26.